The number of allylic oxidation sites excluding steroid dienone is 2. The second kappa shape index (κ2) is 5.04. The van der Waals surface area contributed by atoms with Gasteiger partial charge >= 0.3 is 0 Å². The average Bonchev–Trinajstić information content (AvgIpc) is 2.53. The molecule has 2 heteroatoms. The van der Waals surface area contributed by atoms with Crippen molar-refractivity contribution >= 4 is 5.84 Å². The predicted molar refractivity (Wildman–Crippen MR) is 81.2 cm³/mol. The van der Waals surface area contributed by atoms with E-state index >= 15 is 0 Å². The summed E-state index contributed by atoms with van der Waals surface area (Å²) in [4.78, 5) is 2.15. The quantitative estimate of drug-likeness (QED) is 0.731. The lowest BCUT2D eigenvalue weighted by Gasteiger charge is -2.28. The van der Waals surface area contributed by atoms with E-state index in [2.05, 4.69) is 93.0 Å². The van der Waals surface area contributed by atoms with E-state index in [9.17, 15) is 0 Å². The van der Waals surface area contributed by atoms with Gasteiger partial charge in [0.2, 0.25) is 0 Å². The molecule has 0 aliphatic carbocycles. The van der Waals surface area contributed by atoms with Crippen LogP contribution in [-0.4, -0.2) is 22.4 Å². The van der Waals surface area contributed by atoms with Crippen molar-refractivity contribution in [2.24, 2.45) is 0 Å². The zero-order valence-corrected chi connectivity index (χ0v) is 12.5. The van der Waals surface area contributed by atoms with Gasteiger partial charge in [0.25, 0.3) is 5.84 Å². The minimum absolute atomic E-state index is 0.0772. The van der Waals surface area contributed by atoms with E-state index in [0.717, 1.165) is 0 Å². The first-order valence-electron chi connectivity index (χ1n) is 6.71. The molecular formula is C17H23N2+. The largest absolute Gasteiger partial charge is 0.253 e. The number of aryl methyl sites for hydroxylation is 1. The fraction of sp³-hybridized carbons (Fsp3) is 0.353. The summed E-state index contributed by atoms with van der Waals surface area (Å²) in [5.41, 5.74) is 2.61. The van der Waals surface area contributed by atoms with Crippen LogP contribution in [0.2, 0.25) is 0 Å². The Balaban J connectivity index is 2.56. The Morgan fingerprint density at radius 2 is 1.74 bits per heavy atom. The van der Waals surface area contributed by atoms with Crippen molar-refractivity contribution < 1.29 is 4.58 Å². The van der Waals surface area contributed by atoms with Crippen molar-refractivity contribution in [3.8, 4) is 0 Å². The van der Waals surface area contributed by atoms with E-state index in [-0.39, 0.29) is 5.54 Å². The van der Waals surface area contributed by atoms with Crippen LogP contribution < -0.4 is 0 Å². The van der Waals surface area contributed by atoms with Gasteiger partial charge in [0.15, 0.2) is 0 Å². The van der Waals surface area contributed by atoms with Crippen LogP contribution in [0.1, 0.15) is 31.9 Å². The van der Waals surface area contributed by atoms with Crippen LogP contribution >= 0.6 is 0 Å². The summed E-state index contributed by atoms with van der Waals surface area (Å²) >= 11 is 0. The molecule has 100 valence electrons. The highest BCUT2D eigenvalue weighted by Gasteiger charge is 2.32. The molecule has 0 amide bonds. The van der Waals surface area contributed by atoms with Gasteiger partial charge in [0.1, 0.15) is 5.54 Å². The zero-order valence-electron chi connectivity index (χ0n) is 12.5. The smallest absolute Gasteiger partial charge is 0.241 e. The Bertz CT molecular complexity index is 562. The second-order valence-electron chi connectivity index (χ2n) is 5.59. The van der Waals surface area contributed by atoms with Crippen LogP contribution in [0, 0.1) is 6.92 Å². The normalized spacial score (nSPS) is 15.9. The number of amidine groups is 1. The summed E-state index contributed by atoms with van der Waals surface area (Å²) < 4.78 is 2.33. The number of hydrogen-bond acceptors (Lipinski definition) is 1. The van der Waals surface area contributed by atoms with E-state index in [1.165, 1.54) is 17.0 Å². The lowest BCUT2D eigenvalue weighted by atomic mass is 9.90. The monoisotopic (exact) mass is 255 g/mol. The standard InChI is InChI=1S/C17H23N2/c1-14-10-6-7-11-16(14)17(3,4)19-13-9-8-12-18(5)15(19)2/h6-13H,1-5H3/q+1. The fourth-order valence-electron chi connectivity index (χ4n) is 2.68. The Kier molecular flexibility index (Phi) is 3.61. The second-order valence-corrected chi connectivity index (χ2v) is 5.59. The van der Waals surface area contributed by atoms with E-state index < -0.39 is 0 Å². The van der Waals surface area contributed by atoms with Gasteiger partial charge in [-0.15, -0.1) is 0 Å². The summed E-state index contributed by atoms with van der Waals surface area (Å²) in [5, 5.41) is 0. The maximum absolute atomic E-state index is 2.33. The molecule has 0 atom stereocenters. The van der Waals surface area contributed by atoms with Gasteiger partial charge in [-0.2, -0.15) is 0 Å². The molecule has 2 nitrogen and oxygen atoms in total. The molecule has 0 N–H and O–H groups in total. The van der Waals surface area contributed by atoms with Gasteiger partial charge < -0.3 is 0 Å². The van der Waals surface area contributed by atoms with Crippen molar-refractivity contribution in [2.75, 3.05) is 7.05 Å². The molecule has 0 fully saturated rings. The first kappa shape index (κ1) is 13.6. The van der Waals surface area contributed by atoms with Crippen LogP contribution in [0.3, 0.4) is 0 Å². The molecule has 0 radical (unpaired) electrons. The van der Waals surface area contributed by atoms with Crippen LogP contribution in [0.5, 0.6) is 0 Å². The topological polar surface area (TPSA) is 6.25 Å². The van der Waals surface area contributed by atoms with Crippen molar-refractivity contribution in [3.05, 3.63) is 59.9 Å². The summed E-state index contributed by atoms with van der Waals surface area (Å²) in [6.45, 7) is 8.86. The van der Waals surface area contributed by atoms with Crippen molar-refractivity contribution in [1.29, 1.82) is 0 Å². The Morgan fingerprint density at radius 3 is 2.42 bits per heavy atom. The molecule has 19 heavy (non-hydrogen) atoms. The Hall–Kier alpha value is -1.83. The van der Waals surface area contributed by atoms with Gasteiger partial charge in [0.05, 0.1) is 19.4 Å². The molecule has 2 rings (SSSR count). The fourth-order valence-corrected chi connectivity index (χ4v) is 2.68. The number of rotatable bonds is 2. The third-order valence-corrected chi connectivity index (χ3v) is 3.92. The molecule has 1 aromatic rings. The molecule has 0 unspecified atom stereocenters. The molecule has 1 aliphatic rings. The minimum Gasteiger partial charge on any atom is -0.241 e. The maximum atomic E-state index is 2.33. The zero-order chi connectivity index (χ0) is 14.0. The summed E-state index contributed by atoms with van der Waals surface area (Å²) in [6, 6.07) is 8.60. The molecule has 1 aliphatic heterocycles. The maximum Gasteiger partial charge on any atom is 0.253 e. The van der Waals surface area contributed by atoms with Gasteiger partial charge in [-0.05, 0) is 38.5 Å². The van der Waals surface area contributed by atoms with Crippen LogP contribution in [-0.2, 0) is 5.54 Å². The summed E-state index contributed by atoms with van der Waals surface area (Å²) in [7, 11) is 2.08. The highest BCUT2D eigenvalue weighted by Crippen LogP contribution is 2.28. The highest BCUT2D eigenvalue weighted by molar-refractivity contribution is 5.76. The van der Waals surface area contributed by atoms with E-state index in [0.29, 0.717) is 0 Å². The summed E-state index contributed by atoms with van der Waals surface area (Å²) in [6.07, 6.45) is 8.39. The first-order valence-corrected chi connectivity index (χ1v) is 6.71. The highest BCUT2D eigenvalue weighted by atomic mass is 15.2. The first-order chi connectivity index (χ1) is 8.94. The van der Waals surface area contributed by atoms with Gasteiger partial charge in [0, 0.05) is 12.5 Å². The lowest BCUT2D eigenvalue weighted by molar-refractivity contribution is -0.553. The van der Waals surface area contributed by atoms with Crippen molar-refractivity contribution in [1.82, 2.24) is 4.90 Å². The number of hydrogen-bond donors (Lipinski definition) is 0. The third kappa shape index (κ3) is 2.48. The molecule has 1 aromatic carbocycles. The molecule has 0 aromatic heterocycles. The summed E-state index contributed by atoms with van der Waals surface area (Å²) in [5.74, 6) is 1.22. The Labute approximate surface area is 116 Å². The molecular weight excluding hydrogens is 232 g/mol. The number of benzene rings is 1. The van der Waals surface area contributed by atoms with Crippen LogP contribution in [0.25, 0.3) is 0 Å². The molecule has 0 saturated carbocycles. The predicted octanol–water partition coefficient (Wildman–Crippen LogP) is 3.63. The lowest BCUT2D eigenvalue weighted by Crippen LogP contribution is -2.38. The van der Waals surface area contributed by atoms with Crippen molar-refractivity contribution in [2.45, 2.75) is 33.2 Å². The van der Waals surface area contributed by atoms with Gasteiger partial charge in [-0.1, -0.05) is 24.3 Å². The van der Waals surface area contributed by atoms with Crippen LogP contribution in [0.4, 0.5) is 0 Å². The molecule has 0 spiro atoms. The molecule has 1 heterocycles. The van der Waals surface area contributed by atoms with Gasteiger partial charge in [-0.3, -0.25) is 0 Å². The van der Waals surface area contributed by atoms with Gasteiger partial charge in [-0.25, -0.2) is 9.48 Å². The van der Waals surface area contributed by atoms with E-state index in [1.54, 1.807) is 0 Å². The third-order valence-electron chi connectivity index (χ3n) is 3.92. The average molecular weight is 255 g/mol. The van der Waals surface area contributed by atoms with E-state index in [4.69, 9.17) is 0 Å². The SMILES string of the molecule is CC1=[N+](C(C)(C)c2ccccc2C)C=CC=CN1C. The van der Waals surface area contributed by atoms with E-state index in [1.807, 2.05) is 0 Å². The molecule has 0 bridgehead atoms. The Morgan fingerprint density at radius 1 is 1.05 bits per heavy atom. The van der Waals surface area contributed by atoms with Crippen molar-refractivity contribution in [3.63, 3.8) is 0 Å². The minimum atomic E-state index is -0.0772. The van der Waals surface area contributed by atoms with Crippen LogP contribution in [0.15, 0.2) is 48.8 Å². The number of nitrogens with zero attached hydrogens (tertiary/aromatic N) is 2. The molecule has 0 saturated heterocycles.